The van der Waals surface area contributed by atoms with Gasteiger partial charge in [-0.25, -0.2) is 0 Å². The first kappa shape index (κ1) is 43.3. The largest absolute Gasteiger partial charge is 0.342 e. The van der Waals surface area contributed by atoms with E-state index in [1.54, 1.807) is 0 Å². The minimum atomic E-state index is 0.751. The first-order valence-corrected chi connectivity index (χ1v) is 21.0. The highest BCUT2D eigenvalue weighted by Gasteiger charge is 2.15. The summed E-state index contributed by atoms with van der Waals surface area (Å²) < 4.78 is 0. The number of para-hydroxylation sites is 2. The van der Waals surface area contributed by atoms with Gasteiger partial charge in [0.25, 0.3) is 0 Å². The van der Waals surface area contributed by atoms with Crippen LogP contribution in [0.3, 0.4) is 0 Å². The van der Waals surface area contributed by atoms with Gasteiger partial charge < -0.3 is 19.6 Å². The van der Waals surface area contributed by atoms with E-state index in [0.29, 0.717) is 0 Å². The fraction of sp³-hybridized carbons (Fsp3) is 0.123. The van der Waals surface area contributed by atoms with Gasteiger partial charge in [-0.1, -0.05) is 104 Å². The molecule has 0 aliphatic carbocycles. The molecular formula is C57H58N4. The van der Waals surface area contributed by atoms with Crippen molar-refractivity contribution in [1.82, 2.24) is 0 Å². The predicted molar refractivity (Wildman–Crippen MR) is 266 cm³/mol. The maximum atomic E-state index is 4.26. The van der Waals surface area contributed by atoms with Crippen molar-refractivity contribution in [3.05, 3.63) is 259 Å². The van der Waals surface area contributed by atoms with Gasteiger partial charge in [0.05, 0.1) is 0 Å². The number of hydrogen-bond acceptors (Lipinski definition) is 4. The maximum Gasteiger partial charge on any atom is 0.0464 e. The van der Waals surface area contributed by atoms with Crippen molar-refractivity contribution >= 4 is 39.8 Å². The van der Waals surface area contributed by atoms with E-state index < -0.39 is 0 Å². The van der Waals surface area contributed by atoms with Crippen molar-refractivity contribution in [3.63, 3.8) is 0 Å². The van der Waals surface area contributed by atoms with Crippen LogP contribution in [-0.4, -0.2) is 6.54 Å². The molecule has 0 saturated heterocycles. The number of benzene rings is 6. The first-order chi connectivity index (χ1) is 29.7. The summed E-state index contributed by atoms with van der Waals surface area (Å²) in [7, 11) is 0. The predicted octanol–water partition coefficient (Wildman–Crippen LogP) is 15.8. The molecule has 0 spiro atoms. The molecule has 6 aromatic rings. The summed E-state index contributed by atoms with van der Waals surface area (Å²) in [6.45, 7) is 17.8. The highest BCUT2D eigenvalue weighted by molar-refractivity contribution is 5.78. The van der Waals surface area contributed by atoms with Crippen LogP contribution in [0.15, 0.2) is 242 Å². The zero-order chi connectivity index (χ0) is 43.0. The molecular weight excluding hydrogens is 741 g/mol. The van der Waals surface area contributed by atoms with Crippen LogP contribution in [0.25, 0.3) is 0 Å². The number of aryl methyl sites for hydroxylation is 3. The fourth-order valence-electron chi connectivity index (χ4n) is 7.23. The molecule has 4 nitrogen and oxygen atoms in total. The first-order valence-electron chi connectivity index (χ1n) is 21.0. The van der Waals surface area contributed by atoms with E-state index in [4.69, 9.17) is 0 Å². The molecule has 306 valence electrons. The van der Waals surface area contributed by atoms with Crippen LogP contribution in [0.1, 0.15) is 37.5 Å². The highest BCUT2D eigenvalue weighted by Crippen LogP contribution is 2.36. The molecule has 0 fully saturated rings. The summed E-state index contributed by atoms with van der Waals surface area (Å²) >= 11 is 0. The molecule has 0 N–H and O–H groups in total. The summed E-state index contributed by atoms with van der Waals surface area (Å²) in [6, 6.07) is 55.7. The molecule has 0 heterocycles. The van der Waals surface area contributed by atoms with Crippen molar-refractivity contribution in [2.75, 3.05) is 26.1 Å². The van der Waals surface area contributed by atoms with Crippen LogP contribution >= 0.6 is 0 Å². The Kier molecular flexibility index (Phi) is 15.3. The van der Waals surface area contributed by atoms with Crippen molar-refractivity contribution < 1.29 is 0 Å². The van der Waals surface area contributed by atoms with Gasteiger partial charge in [0.2, 0.25) is 0 Å². The normalized spacial score (nSPS) is 12.3. The van der Waals surface area contributed by atoms with E-state index >= 15 is 0 Å². The lowest BCUT2D eigenvalue weighted by atomic mass is 10.1. The molecule has 0 aliphatic heterocycles. The number of rotatable bonds is 17. The molecule has 0 radical (unpaired) electrons. The van der Waals surface area contributed by atoms with Crippen LogP contribution in [0.4, 0.5) is 39.8 Å². The average Bonchev–Trinajstić information content (AvgIpc) is 3.27. The summed E-state index contributed by atoms with van der Waals surface area (Å²) in [6.07, 6.45) is 21.1. The molecule has 0 amide bonds. The van der Waals surface area contributed by atoms with Crippen LogP contribution in [-0.2, 0) is 0 Å². The second-order valence-electron chi connectivity index (χ2n) is 15.1. The van der Waals surface area contributed by atoms with Gasteiger partial charge in [0.1, 0.15) is 0 Å². The summed E-state index contributed by atoms with van der Waals surface area (Å²) in [5, 5.41) is 0. The van der Waals surface area contributed by atoms with Crippen LogP contribution < -0.4 is 19.6 Å². The smallest absolute Gasteiger partial charge is 0.0464 e. The molecule has 6 aromatic carbocycles. The molecule has 0 saturated carbocycles. The standard InChI is InChI=1S/C57H58N4/c1-8-10-11-18-40-59(55-30-19-23-45(3)42-55)49(7)35-34-48(6)58(41-22-33-50(9-2)60(52-26-14-12-15-27-52)56-31-20-24-46(4)43-56)51-36-38-54(39-37-51)61(53-28-16-13-17-29-53)57-32-21-25-47(5)44-57/h8-39,41-44H,2,40H2,1,3-7H3/b10-8-,18-11-,41-22+,48-34+,49-35+,50-33+. The van der Waals surface area contributed by atoms with Gasteiger partial charge in [-0.05, 0) is 174 Å². The lowest BCUT2D eigenvalue weighted by Gasteiger charge is -2.28. The fourth-order valence-corrected chi connectivity index (χ4v) is 7.23. The lowest BCUT2D eigenvalue weighted by Crippen LogP contribution is -2.21. The minimum absolute atomic E-state index is 0.751. The Bertz CT molecular complexity index is 2540. The van der Waals surface area contributed by atoms with Crippen molar-refractivity contribution in [1.29, 1.82) is 0 Å². The molecule has 4 heteroatoms. The molecule has 0 atom stereocenters. The zero-order valence-electron chi connectivity index (χ0n) is 36.5. The van der Waals surface area contributed by atoms with E-state index in [1.165, 1.54) is 16.7 Å². The third-order valence-electron chi connectivity index (χ3n) is 10.3. The molecule has 0 aliphatic rings. The maximum absolute atomic E-state index is 4.26. The van der Waals surface area contributed by atoms with E-state index in [1.807, 2.05) is 25.1 Å². The Morgan fingerprint density at radius 2 is 1.00 bits per heavy atom. The molecule has 61 heavy (non-hydrogen) atoms. The number of hydrogen-bond donors (Lipinski definition) is 0. The molecule has 0 aromatic heterocycles. The van der Waals surface area contributed by atoms with Crippen molar-refractivity contribution in [2.24, 2.45) is 0 Å². The lowest BCUT2D eigenvalue weighted by molar-refractivity contribution is 1.00. The van der Waals surface area contributed by atoms with Gasteiger partial charge in [-0.15, -0.1) is 0 Å². The van der Waals surface area contributed by atoms with Crippen molar-refractivity contribution in [2.45, 2.75) is 41.5 Å². The quantitative estimate of drug-likeness (QED) is 0.0852. The Morgan fingerprint density at radius 3 is 1.61 bits per heavy atom. The monoisotopic (exact) mass is 798 g/mol. The Balaban J connectivity index is 1.42. The van der Waals surface area contributed by atoms with E-state index in [9.17, 15) is 0 Å². The van der Waals surface area contributed by atoms with Gasteiger partial charge in [-0.2, -0.15) is 0 Å². The number of anilines is 7. The van der Waals surface area contributed by atoms with E-state index in [0.717, 1.165) is 63.4 Å². The topological polar surface area (TPSA) is 13.0 Å². The van der Waals surface area contributed by atoms with Crippen molar-refractivity contribution in [3.8, 4) is 0 Å². The molecule has 0 bridgehead atoms. The third-order valence-corrected chi connectivity index (χ3v) is 10.3. The Labute approximate surface area is 365 Å². The van der Waals surface area contributed by atoms with Crippen LogP contribution in [0.5, 0.6) is 0 Å². The summed E-state index contributed by atoms with van der Waals surface area (Å²) in [4.78, 5) is 9.13. The van der Waals surface area contributed by atoms with E-state index in [-0.39, 0.29) is 0 Å². The third kappa shape index (κ3) is 11.7. The molecule has 0 unspecified atom stereocenters. The van der Waals surface area contributed by atoms with Gasteiger partial charge >= 0.3 is 0 Å². The Morgan fingerprint density at radius 1 is 0.492 bits per heavy atom. The second kappa shape index (κ2) is 21.6. The second-order valence-corrected chi connectivity index (χ2v) is 15.1. The number of nitrogens with zero attached hydrogens (tertiary/aromatic N) is 4. The zero-order valence-corrected chi connectivity index (χ0v) is 36.5. The van der Waals surface area contributed by atoms with Crippen LogP contribution in [0, 0.1) is 20.8 Å². The summed E-state index contributed by atoms with van der Waals surface area (Å²) in [5.41, 5.74) is 14.4. The molecule has 6 rings (SSSR count). The minimum Gasteiger partial charge on any atom is -0.342 e. The summed E-state index contributed by atoms with van der Waals surface area (Å²) in [5.74, 6) is 0. The van der Waals surface area contributed by atoms with Crippen LogP contribution in [0.2, 0.25) is 0 Å². The van der Waals surface area contributed by atoms with Gasteiger partial charge in [-0.3, -0.25) is 0 Å². The van der Waals surface area contributed by atoms with Gasteiger partial charge in [0, 0.05) is 69.6 Å². The average molecular weight is 799 g/mol. The SMILES string of the molecule is C=C/C(=C\C=C\N(/C(C)=C/C=C(\C)N(C/C=C\C=C/C)c1cccc(C)c1)c1ccc(N(c2ccccc2)c2cccc(C)c2)cc1)N(c1ccccc1)c1cccc(C)c1. The van der Waals surface area contributed by atoms with Gasteiger partial charge in [0.15, 0.2) is 0 Å². The number of allylic oxidation sites excluding steroid dienone is 10. The highest BCUT2D eigenvalue weighted by atomic mass is 15.2. The van der Waals surface area contributed by atoms with E-state index in [2.05, 4.69) is 261 Å². The Hall–Kier alpha value is -7.30.